The molecule has 0 spiro atoms. The molecule has 1 aromatic carbocycles. The summed E-state index contributed by atoms with van der Waals surface area (Å²) < 4.78 is 16.6. The smallest absolute Gasteiger partial charge is 0.128 e. The molecule has 0 radical (unpaired) electrons. The topological polar surface area (TPSA) is 29.9 Å². The Morgan fingerprint density at radius 3 is 2.65 bits per heavy atom. The molecule has 1 heterocycles. The highest BCUT2D eigenvalue weighted by Gasteiger charge is 2.13. The molecule has 0 amide bonds. The first-order chi connectivity index (χ1) is 9.40. The Labute approximate surface area is 127 Å². The monoisotopic (exact) mass is 339 g/mol. The van der Waals surface area contributed by atoms with Gasteiger partial charge in [-0.25, -0.2) is 4.39 Å². The maximum atomic E-state index is 13.7. The molecule has 1 aromatic heterocycles. The van der Waals surface area contributed by atoms with Gasteiger partial charge < -0.3 is 5.32 Å². The molecule has 108 valence electrons. The number of halogens is 2. The van der Waals surface area contributed by atoms with E-state index in [1.54, 1.807) is 12.1 Å². The zero-order valence-corrected chi connectivity index (χ0v) is 13.8. The van der Waals surface area contributed by atoms with Crippen LogP contribution < -0.4 is 5.32 Å². The van der Waals surface area contributed by atoms with Crippen LogP contribution in [-0.2, 0) is 6.54 Å². The fourth-order valence-electron chi connectivity index (χ4n) is 2.28. The first kappa shape index (κ1) is 15.0. The predicted molar refractivity (Wildman–Crippen MR) is 83.5 cm³/mol. The summed E-state index contributed by atoms with van der Waals surface area (Å²) in [4.78, 5) is 0. The van der Waals surface area contributed by atoms with Crippen molar-refractivity contribution in [1.29, 1.82) is 0 Å². The summed E-state index contributed by atoms with van der Waals surface area (Å²) >= 11 is 3.36. The van der Waals surface area contributed by atoms with Crippen molar-refractivity contribution in [3.63, 3.8) is 0 Å². The summed E-state index contributed by atoms with van der Waals surface area (Å²) in [6, 6.07) is 5.27. The van der Waals surface area contributed by atoms with Crippen LogP contribution in [0.2, 0.25) is 0 Å². The van der Waals surface area contributed by atoms with Crippen molar-refractivity contribution in [2.24, 2.45) is 0 Å². The molecule has 0 aliphatic carbocycles. The number of nitrogens with zero attached hydrogens (tertiary/aromatic N) is 2. The number of benzene rings is 1. The number of hydrogen-bond donors (Lipinski definition) is 1. The number of aryl methyl sites for hydroxylation is 1. The van der Waals surface area contributed by atoms with Crippen molar-refractivity contribution in [1.82, 2.24) is 9.78 Å². The minimum atomic E-state index is -0.202. The van der Waals surface area contributed by atoms with Gasteiger partial charge in [0.05, 0.1) is 17.1 Å². The third-order valence-corrected chi connectivity index (χ3v) is 3.77. The van der Waals surface area contributed by atoms with Crippen LogP contribution in [0, 0.1) is 19.7 Å². The first-order valence-corrected chi connectivity index (χ1v) is 7.43. The quantitative estimate of drug-likeness (QED) is 0.882. The minimum absolute atomic E-state index is 0.202. The highest BCUT2D eigenvalue weighted by atomic mass is 79.9. The Morgan fingerprint density at radius 1 is 1.35 bits per heavy atom. The van der Waals surface area contributed by atoms with Crippen LogP contribution in [0.1, 0.15) is 36.8 Å². The summed E-state index contributed by atoms with van der Waals surface area (Å²) in [5, 5.41) is 7.81. The number of rotatable bonds is 4. The molecule has 1 N–H and O–H groups in total. The van der Waals surface area contributed by atoms with Gasteiger partial charge in [-0.15, -0.1) is 0 Å². The summed E-state index contributed by atoms with van der Waals surface area (Å²) in [5.74, 6) is -0.202. The molecule has 0 atom stereocenters. The van der Waals surface area contributed by atoms with Crippen LogP contribution in [0.15, 0.2) is 22.7 Å². The molecule has 0 fully saturated rings. The molecule has 0 saturated heterocycles. The second-order valence-electron chi connectivity index (χ2n) is 5.17. The van der Waals surface area contributed by atoms with E-state index in [0.717, 1.165) is 21.5 Å². The second kappa shape index (κ2) is 5.95. The van der Waals surface area contributed by atoms with Crippen molar-refractivity contribution in [3.05, 3.63) is 45.4 Å². The van der Waals surface area contributed by atoms with Crippen LogP contribution in [0.4, 0.5) is 10.1 Å². The van der Waals surface area contributed by atoms with Gasteiger partial charge in [-0.05, 0) is 45.9 Å². The van der Waals surface area contributed by atoms with Gasteiger partial charge in [0.25, 0.3) is 0 Å². The average molecular weight is 340 g/mol. The molecule has 0 bridgehead atoms. The molecular formula is C15H19BrFN3. The van der Waals surface area contributed by atoms with E-state index in [9.17, 15) is 4.39 Å². The Kier molecular flexibility index (Phi) is 4.48. The van der Waals surface area contributed by atoms with E-state index in [1.165, 1.54) is 6.07 Å². The fourth-order valence-corrected chi connectivity index (χ4v) is 2.69. The zero-order chi connectivity index (χ0) is 14.9. The lowest BCUT2D eigenvalue weighted by Crippen LogP contribution is -2.06. The third-order valence-electron chi connectivity index (χ3n) is 3.28. The predicted octanol–water partition coefficient (Wildman–Crippen LogP) is 4.59. The largest absolute Gasteiger partial charge is 0.378 e. The Hall–Kier alpha value is -1.36. The van der Waals surface area contributed by atoms with Gasteiger partial charge in [0.1, 0.15) is 5.82 Å². The third kappa shape index (κ3) is 3.03. The highest BCUT2D eigenvalue weighted by molar-refractivity contribution is 9.10. The lowest BCUT2D eigenvalue weighted by molar-refractivity contribution is 0.516. The summed E-state index contributed by atoms with van der Waals surface area (Å²) in [7, 11) is 0. The number of anilines is 1. The lowest BCUT2D eigenvalue weighted by Gasteiger charge is -2.10. The molecule has 3 nitrogen and oxygen atoms in total. The number of aromatic nitrogens is 2. The Morgan fingerprint density at radius 2 is 2.05 bits per heavy atom. The highest BCUT2D eigenvalue weighted by Crippen LogP contribution is 2.24. The molecule has 0 saturated carbocycles. The van der Waals surface area contributed by atoms with E-state index < -0.39 is 0 Å². The molecular weight excluding hydrogens is 321 g/mol. The first-order valence-electron chi connectivity index (χ1n) is 6.63. The zero-order valence-electron chi connectivity index (χ0n) is 12.2. The Bertz CT molecular complexity index is 620. The van der Waals surface area contributed by atoms with Crippen LogP contribution in [0.3, 0.4) is 0 Å². The van der Waals surface area contributed by atoms with Crippen molar-refractivity contribution in [2.75, 3.05) is 5.32 Å². The molecule has 0 aliphatic rings. The van der Waals surface area contributed by atoms with E-state index >= 15 is 0 Å². The van der Waals surface area contributed by atoms with Crippen LogP contribution in [0.5, 0.6) is 0 Å². The van der Waals surface area contributed by atoms with Gasteiger partial charge in [-0.2, -0.15) is 5.10 Å². The standard InChI is InChI=1S/C15H19BrFN3/c1-9(2)20-11(4)15(10(3)19-20)18-8-12-7-13(16)5-6-14(12)17/h5-7,9,18H,8H2,1-4H3. The number of hydrogen-bond acceptors (Lipinski definition) is 2. The molecule has 20 heavy (non-hydrogen) atoms. The maximum Gasteiger partial charge on any atom is 0.128 e. The fraction of sp³-hybridized carbons (Fsp3) is 0.400. The van der Waals surface area contributed by atoms with E-state index in [-0.39, 0.29) is 5.82 Å². The van der Waals surface area contributed by atoms with E-state index in [0.29, 0.717) is 18.2 Å². The van der Waals surface area contributed by atoms with Gasteiger partial charge in [0, 0.05) is 22.6 Å². The van der Waals surface area contributed by atoms with Crippen molar-refractivity contribution in [2.45, 2.75) is 40.3 Å². The summed E-state index contributed by atoms with van der Waals surface area (Å²) in [6.45, 7) is 8.62. The van der Waals surface area contributed by atoms with Crippen molar-refractivity contribution >= 4 is 21.6 Å². The number of nitrogens with one attached hydrogen (secondary N) is 1. The Balaban J connectivity index is 2.21. The lowest BCUT2D eigenvalue weighted by atomic mass is 10.2. The summed E-state index contributed by atoms with van der Waals surface area (Å²) in [5.41, 5.74) is 3.63. The molecule has 2 rings (SSSR count). The molecule has 0 unspecified atom stereocenters. The minimum Gasteiger partial charge on any atom is -0.378 e. The van der Waals surface area contributed by atoms with Crippen molar-refractivity contribution in [3.8, 4) is 0 Å². The van der Waals surface area contributed by atoms with Crippen LogP contribution in [-0.4, -0.2) is 9.78 Å². The normalized spacial score (nSPS) is 11.2. The van der Waals surface area contributed by atoms with Gasteiger partial charge in [0.15, 0.2) is 0 Å². The average Bonchev–Trinajstić information content (AvgIpc) is 2.67. The second-order valence-corrected chi connectivity index (χ2v) is 6.09. The molecule has 2 aromatic rings. The van der Waals surface area contributed by atoms with Crippen LogP contribution >= 0.6 is 15.9 Å². The van der Waals surface area contributed by atoms with E-state index in [4.69, 9.17) is 0 Å². The van der Waals surface area contributed by atoms with Gasteiger partial charge in [-0.1, -0.05) is 15.9 Å². The van der Waals surface area contributed by atoms with Crippen molar-refractivity contribution < 1.29 is 4.39 Å². The summed E-state index contributed by atoms with van der Waals surface area (Å²) in [6.07, 6.45) is 0. The van der Waals surface area contributed by atoms with Crippen LogP contribution in [0.25, 0.3) is 0 Å². The van der Waals surface area contributed by atoms with E-state index in [1.807, 2.05) is 18.5 Å². The SMILES string of the molecule is Cc1nn(C(C)C)c(C)c1NCc1cc(Br)ccc1F. The molecule has 0 aliphatic heterocycles. The molecule has 5 heteroatoms. The maximum absolute atomic E-state index is 13.7. The van der Waals surface area contributed by atoms with Gasteiger partial charge in [-0.3, -0.25) is 4.68 Å². The van der Waals surface area contributed by atoms with Gasteiger partial charge in [0.2, 0.25) is 0 Å². The van der Waals surface area contributed by atoms with E-state index in [2.05, 4.69) is 40.2 Å². The van der Waals surface area contributed by atoms with Gasteiger partial charge >= 0.3 is 0 Å².